The molecule has 0 aliphatic rings. The highest BCUT2D eigenvalue weighted by molar-refractivity contribution is 7.20. The fourth-order valence-electron chi connectivity index (χ4n) is 6.18. The third-order valence-electron chi connectivity index (χ3n) is 8.78. The van der Waals surface area contributed by atoms with Gasteiger partial charge >= 0.3 is 0 Å². The summed E-state index contributed by atoms with van der Waals surface area (Å²) in [5, 5.41) is 0. The first-order chi connectivity index (χ1) is 28.2. The van der Waals surface area contributed by atoms with Crippen LogP contribution in [-0.2, 0) is 6.42 Å². The van der Waals surface area contributed by atoms with Crippen LogP contribution >= 0.6 is 0 Å². The summed E-state index contributed by atoms with van der Waals surface area (Å²) < 4.78 is 296. The van der Waals surface area contributed by atoms with Crippen molar-refractivity contribution in [2.24, 2.45) is 0 Å². The van der Waals surface area contributed by atoms with E-state index in [2.05, 4.69) is 17.1 Å². The molecule has 0 amide bonds. The molecule has 24 heteroatoms. The molecule has 0 N–H and O–H groups in total. The minimum Gasteiger partial charge on any atom is -0.271 e. The lowest BCUT2D eigenvalue weighted by Gasteiger charge is -2.44. The van der Waals surface area contributed by atoms with Gasteiger partial charge in [-0.3, -0.25) is 9.82 Å². The van der Waals surface area contributed by atoms with Crippen molar-refractivity contribution in [1.82, 2.24) is 4.98 Å². The summed E-state index contributed by atoms with van der Waals surface area (Å²) in [5.74, 6) is -71.4. The van der Waals surface area contributed by atoms with Crippen LogP contribution in [0.15, 0.2) is 55.1 Å². The second-order valence-electron chi connectivity index (χ2n) is 12.0. The smallest absolute Gasteiger partial charge is 0.240 e. The van der Waals surface area contributed by atoms with E-state index in [0.717, 1.165) is 6.42 Å². The number of hydrogen-bond donors (Lipinski definition) is 0. The van der Waals surface area contributed by atoms with E-state index >= 15 is 35.1 Å². The average molecular weight is 880 g/mol. The molecular formula is C36H13BF20N2O. The van der Waals surface area contributed by atoms with Gasteiger partial charge in [0.2, 0.25) is 12.4 Å². The Labute approximate surface area is 320 Å². The molecule has 0 fully saturated rings. The zero-order valence-corrected chi connectivity index (χ0v) is 28.5. The van der Waals surface area contributed by atoms with Crippen molar-refractivity contribution in [2.45, 2.75) is 6.42 Å². The van der Waals surface area contributed by atoms with E-state index in [-0.39, 0.29) is 0 Å². The molecule has 1 heterocycles. The Morgan fingerprint density at radius 1 is 0.367 bits per heavy atom. The quantitative estimate of drug-likeness (QED) is 0.0548. The Kier molecular flexibility index (Phi) is 12.7. The van der Waals surface area contributed by atoms with E-state index in [1.165, 1.54) is 5.56 Å². The molecule has 6 aromatic rings. The monoisotopic (exact) mass is 880 g/mol. The van der Waals surface area contributed by atoms with E-state index in [1.807, 2.05) is 18.2 Å². The first-order valence-corrected chi connectivity index (χ1v) is 15.9. The lowest BCUT2D eigenvalue weighted by Crippen LogP contribution is -2.81. The van der Waals surface area contributed by atoms with Gasteiger partial charge in [-0.15, -0.1) is 21.9 Å². The highest BCUT2D eigenvalue weighted by Crippen LogP contribution is 2.30. The molecule has 0 aliphatic carbocycles. The van der Waals surface area contributed by atoms with E-state index < -0.39 is 144 Å². The molecule has 6 rings (SSSR count). The van der Waals surface area contributed by atoms with Crippen molar-refractivity contribution < 1.29 is 97.4 Å². The summed E-state index contributed by atoms with van der Waals surface area (Å²) in [7, 11) is 0. The zero-order chi connectivity index (χ0) is 44.7. The summed E-state index contributed by atoms with van der Waals surface area (Å²) in [6.45, 7) is 0.665. The topological polar surface area (TPSA) is 26.0 Å². The summed E-state index contributed by atoms with van der Waals surface area (Å²) in [4.78, 5) is 9.40. The van der Waals surface area contributed by atoms with Gasteiger partial charge in [0.15, 0.2) is 76.4 Å². The molecule has 0 aliphatic heterocycles. The van der Waals surface area contributed by atoms with E-state index in [9.17, 15) is 52.7 Å². The molecule has 0 atom stereocenters. The largest absolute Gasteiger partial charge is 0.271 e. The van der Waals surface area contributed by atoms with Crippen LogP contribution in [0, 0.1) is 116 Å². The molecule has 0 radical (unpaired) electrons. The maximum atomic E-state index is 15.4. The van der Waals surface area contributed by atoms with Gasteiger partial charge in [0, 0.05) is 11.2 Å². The van der Waals surface area contributed by atoms with Crippen molar-refractivity contribution in [3.8, 4) is 0 Å². The highest BCUT2D eigenvalue weighted by Gasteiger charge is 2.52. The molecule has 5 aromatic carbocycles. The minimum absolute atomic E-state index is 0.665. The first kappa shape index (κ1) is 44.7. The number of aromatic nitrogens is 2. The number of nitrogens with zero attached hydrogens (tertiary/aromatic N) is 2. The molecular weight excluding hydrogens is 867 g/mol. The van der Waals surface area contributed by atoms with E-state index in [0.29, 0.717) is 6.61 Å². The van der Waals surface area contributed by atoms with Crippen molar-refractivity contribution in [3.63, 3.8) is 0 Å². The Hall–Kier alpha value is -6.36. The molecule has 0 bridgehead atoms. The highest BCUT2D eigenvalue weighted by atomic mass is 19.2. The van der Waals surface area contributed by atoms with Crippen LogP contribution in [0.25, 0.3) is 0 Å². The SMILES string of the molecule is Fc1c(F)c(F)c([B-](c2c(F)c(F)c(F)c(F)c2F)(c2c(F)c(F)c(F)c(F)c2F)c2c(F)c(F)c(F)c(F)c2F)c(F)c1F.c1ccc(CCO[n+]2ccncc2)cc1. The maximum Gasteiger partial charge on any atom is 0.240 e. The molecule has 0 spiro atoms. The van der Waals surface area contributed by atoms with Crippen molar-refractivity contribution >= 4 is 28.0 Å². The van der Waals surface area contributed by atoms with Gasteiger partial charge in [-0.2, -0.15) is 0 Å². The van der Waals surface area contributed by atoms with E-state index in [1.54, 1.807) is 29.5 Å². The Morgan fingerprint density at radius 3 is 0.883 bits per heavy atom. The normalized spacial score (nSPS) is 11.5. The van der Waals surface area contributed by atoms with Crippen LogP contribution < -0.4 is 31.4 Å². The van der Waals surface area contributed by atoms with Gasteiger partial charge in [-0.05, 0) is 5.56 Å². The van der Waals surface area contributed by atoms with E-state index in [4.69, 9.17) is 4.84 Å². The van der Waals surface area contributed by atoms with Gasteiger partial charge in [-0.1, -0.05) is 30.3 Å². The van der Waals surface area contributed by atoms with Crippen LogP contribution in [0.2, 0.25) is 0 Å². The molecule has 1 aromatic heterocycles. The molecule has 60 heavy (non-hydrogen) atoms. The van der Waals surface area contributed by atoms with Gasteiger partial charge < -0.3 is 0 Å². The summed E-state index contributed by atoms with van der Waals surface area (Å²) in [6.07, 6.45) is 0.655. The van der Waals surface area contributed by atoms with Crippen LogP contribution in [0.4, 0.5) is 87.8 Å². The van der Waals surface area contributed by atoms with Crippen molar-refractivity contribution in [1.29, 1.82) is 0 Å². The lowest BCUT2D eigenvalue weighted by atomic mass is 9.12. The zero-order valence-electron chi connectivity index (χ0n) is 28.5. The van der Waals surface area contributed by atoms with Crippen LogP contribution in [0.5, 0.6) is 0 Å². The number of halogens is 20. The van der Waals surface area contributed by atoms with Crippen molar-refractivity contribution in [2.75, 3.05) is 6.61 Å². The maximum absolute atomic E-state index is 15.4. The lowest BCUT2D eigenvalue weighted by molar-refractivity contribution is -0.891. The van der Waals surface area contributed by atoms with Gasteiger partial charge in [0.05, 0.1) is 12.4 Å². The molecule has 0 saturated carbocycles. The third kappa shape index (κ3) is 7.20. The minimum atomic E-state index is -7.22. The number of rotatable bonds is 8. The first-order valence-electron chi connectivity index (χ1n) is 15.9. The predicted molar refractivity (Wildman–Crippen MR) is 165 cm³/mol. The average Bonchev–Trinajstić information content (AvgIpc) is 3.24. The van der Waals surface area contributed by atoms with Gasteiger partial charge in [-0.25, -0.2) is 87.8 Å². The van der Waals surface area contributed by atoms with Crippen molar-refractivity contribution in [3.05, 3.63) is 177 Å². The van der Waals surface area contributed by atoms with Gasteiger partial charge in [0.25, 0.3) is 0 Å². The Bertz CT molecular complexity index is 2210. The van der Waals surface area contributed by atoms with Crippen LogP contribution in [-0.4, -0.2) is 17.7 Å². The van der Waals surface area contributed by atoms with Gasteiger partial charge in [0.1, 0.15) is 52.7 Å². The molecule has 0 saturated heterocycles. The second kappa shape index (κ2) is 17.1. The Balaban J connectivity index is 0.000000379. The third-order valence-corrected chi connectivity index (χ3v) is 8.78. The standard InChI is InChI=1S/C24BF20.C12H13N2O/c26-5-1(6(27)14(35)21(42)13(5)34)25(2-7(28)15(36)22(43)16(37)8(2)29,3-9(30)17(38)23(44)18(39)10(3)31)4-11(32)19(40)24(45)20(41)12(4)33;1-2-4-12(5-3-1)6-11-15-14-9-7-13-8-10-14/h;1-5,7-10H,6,11H2/q-1;+1. The summed E-state index contributed by atoms with van der Waals surface area (Å²) >= 11 is 0. The van der Waals surface area contributed by atoms with Crippen LogP contribution in [0.3, 0.4) is 0 Å². The Morgan fingerprint density at radius 2 is 0.617 bits per heavy atom. The number of benzene rings is 5. The van der Waals surface area contributed by atoms with Crippen LogP contribution in [0.1, 0.15) is 5.56 Å². The fourth-order valence-corrected chi connectivity index (χ4v) is 6.18. The summed E-state index contributed by atoms with van der Waals surface area (Å²) in [5.41, 5.74) is -13.0. The molecule has 3 nitrogen and oxygen atoms in total. The predicted octanol–water partition coefficient (Wildman–Crippen LogP) is 6.89. The molecule has 0 unspecified atom stereocenters. The molecule has 316 valence electrons. The second-order valence-corrected chi connectivity index (χ2v) is 12.0. The number of hydrogen-bond acceptors (Lipinski definition) is 2. The summed E-state index contributed by atoms with van der Waals surface area (Å²) in [6, 6.07) is 10.3. The fraction of sp³-hybridized carbons (Fsp3) is 0.0556.